The highest BCUT2D eigenvalue weighted by Gasteiger charge is 2.21. The second-order valence-electron chi connectivity index (χ2n) is 4.10. The zero-order chi connectivity index (χ0) is 11.0. The van der Waals surface area contributed by atoms with Crippen molar-refractivity contribution >= 4 is 17.3 Å². The highest BCUT2D eigenvalue weighted by molar-refractivity contribution is 5.65. The van der Waals surface area contributed by atoms with Gasteiger partial charge in [0.1, 0.15) is 0 Å². The van der Waals surface area contributed by atoms with E-state index in [1.807, 2.05) is 16.8 Å². The SMILES string of the molecule is NNc1cn2ccnc2c(NCC2CC2)n1. The Hall–Kier alpha value is -1.82. The zero-order valence-corrected chi connectivity index (χ0v) is 8.85. The molecule has 3 rings (SSSR count). The maximum absolute atomic E-state index is 5.37. The summed E-state index contributed by atoms with van der Waals surface area (Å²) in [5.41, 5.74) is 3.39. The Morgan fingerprint density at radius 3 is 3.12 bits per heavy atom. The largest absolute Gasteiger partial charge is 0.367 e. The van der Waals surface area contributed by atoms with E-state index in [1.54, 1.807) is 6.20 Å². The van der Waals surface area contributed by atoms with Crippen molar-refractivity contribution in [1.29, 1.82) is 0 Å². The van der Waals surface area contributed by atoms with Crippen molar-refractivity contribution in [3.63, 3.8) is 0 Å². The van der Waals surface area contributed by atoms with Crippen molar-refractivity contribution in [2.75, 3.05) is 17.3 Å². The molecule has 0 radical (unpaired) electrons. The molecule has 0 aliphatic heterocycles. The van der Waals surface area contributed by atoms with Crippen molar-refractivity contribution in [2.45, 2.75) is 12.8 Å². The summed E-state index contributed by atoms with van der Waals surface area (Å²) in [4.78, 5) is 8.62. The van der Waals surface area contributed by atoms with Gasteiger partial charge in [-0.2, -0.15) is 0 Å². The molecule has 6 nitrogen and oxygen atoms in total. The van der Waals surface area contributed by atoms with Gasteiger partial charge in [-0.15, -0.1) is 0 Å². The van der Waals surface area contributed by atoms with Crippen LogP contribution in [0.1, 0.15) is 12.8 Å². The normalized spacial score (nSPS) is 15.3. The molecule has 0 aromatic carbocycles. The average molecular weight is 218 g/mol. The van der Waals surface area contributed by atoms with Crippen LogP contribution in [0.15, 0.2) is 18.6 Å². The molecule has 1 fully saturated rings. The monoisotopic (exact) mass is 218 g/mol. The van der Waals surface area contributed by atoms with E-state index in [9.17, 15) is 0 Å². The van der Waals surface area contributed by atoms with Gasteiger partial charge in [0.15, 0.2) is 17.3 Å². The van der Waals surface area contributed by atoms with Crippen molar-refractivity contribution in [3.05, 3.63) is 18.6 Å². The third-order valence-electron chi connectivity index (χ3n) is 2.78. The van der Waals surface area contributed by atoms with E-state index >= 15 is 0 Å². The fraction of sp³-hybridized carbons (Fsp3) is 0.400. The number of nitrogens with one attached hydrogen (secondary N) is 2. The van der Waals surface area contributed by atoms with Gasteiger partial charge in [0.05, 0.1) is 6.20 Å². The number of nitrogens with two attached hydrogens (primary N) is 1. The van der Waals surface area contributed by atoms with E-state index in [0.29, 0.717) is 5.82 Å². The fourth-order valence-electron chi connectivity index (χ4n) is 1.68. The topological polar surface area (TPSA) is 80.3 Å². The third kappa shape index (κ3) is 1.67. The third-order valence-corrected chi connectivity index (χ3v) is 2.78. The Labute approximate surface area is 92.9 Å². The number of fused-ring (bicyclic) bond motifs is 1. The highest BCUT2D eigenvalue weighted by Crippen LogP contribution is 2.29. The average Bonchev–Trinajstić information content (AvgIpc) is 3.02. The van der Waals surface area contributed by atoms with Crippen LogP contribution in [0.25, 0.3) is 5.65 Å². The van der Waals surface area contributed by atoms with E-state index in [0.717, 1.165) is 23.9 Å². The van der Waals surface area contributed by atoms with Crippen LogP contribution in [-0.2, 0) is 0 Å². The number of hydrogen-bond donors (Lipinski definition) is 3. The van der Waals surface area contributed by atoms with Gasteiger partial charge in [-0.05, 0) is 18.8 Å². The van der Waals surface area contributed by atoms with E-state index < -0.39 is 0 Å². The lowest BCUT2D eigenvalue weighted by molar-refractivity contribution is 0.881. The number of rotatable bonds is 4. The Morgan fingerprint density at radius 1 is 1.50 bits per heavy atom. The van der Waals surface area contributed by atoms with Gasteiger partial charge < -0.3 is 15.1 Å². The first-order valence-corrected chi connectivity index (χ1v) is 5.41. The molecule has 0 atom stereocenters. The molecule has 0 saturated heterocycles. The van der Waals surface area contributed by atoms with E-state index in [2.05, 4.69) is 20.7 Å². The molecule has 16 heavy (non-hydrogen) atoms. The molecule has 4 N–H and O–H groups in total. The first-order valence-electron chi connectivity index (χ1n) is 5.41. The van der Waals surface area contributed by atoms with E-state index in [-0.39, 0.29) is 0 Å². The Balaban J connectivity index is 1.94. The van der Waals surface area contributed by atoms with Crippen LogP contribution < -0.4 is 16.6 Å². The molecule has 0 spiro atoms. The number of hydrogen-bond acceptors (Lipinski definition) is 5. The number of nitrogens with zero attached hydrogens (tertiary/aromatic N) is 3. The predicted octanol–water partition coefficient (Wildman–Crippen LogP) is 0.837. The van der Waals surface area contributed by atoms with Crippen molar-refractivity contribution in [3.8, 4) is 0 Å². The second kappa shape index (κ2) is 3.64. The summed E-state index contributed by atoms with van der Waals surface area (Å²) in [6.45, 7) is 0.962. The summed E-state index contributed by atoms with van der Waals surface area (Å²) < 4.78 is 1.90. The second-order valence-corrected chi connectivity index (χ2v) is 4.10. The fourth-order valence-corrected chi connectivity index (χ4v) is 1.68. The lowest BCUT2D eigenvalue weighted by atomic mass is 10.4. The molecule has 2 aromatic rings. The first-order chi connectivity index (χ1) is 7.86. The molecular weight excluding hydrogens is 204 g/mol. The summed E-state index contributed by atoms with van der Waals surface area (Å²) in [6.07, 6.45) is 8.06. The maximum atomic E-state index is 5.37. The summed E-state index contributed by atoms with van der Waals surface area (Å²) in [5.74, 6) is 7.58. The first kappa shape index (κ1) is 9.41. The van der Waals surface area contributed by atoms with Gasteiger partial charge in [0.2, 0.25) is 0 Å². The van der Waals surface area contributed by atoms with Crippen LogP contribution in [0.4, 0.5) is 11.6 Å². The van der Waals surface area contributed by atoms with Crippen LogP contribution in [0, 0.1) is 5.92 Å². The van der Waals surface area contributed by atoms with Gasteiger partial charge in [-0.1, -0.05) is 0 Å². The number of imidazole rings is 1. The Morgan fingerprint density at radius 2 is 2.38 bits per heavy atom. The highest BCUT2D eigenvalue weighted by atomic mass is 15.3. The van der Waals surface area contributed by atoms with Crippen LogP contribution in [0.5, 0.6) is 0 Å². The molecule has 1 aliphatic rings. The minimum atomic E-state index is 0.629. The van der Waals surface area contributed by atoms with Gasteiger partial charge in [-0.3, -0.25) is 0 Å². The van der Waals surface area contributed by atoms with Crippen LogP contribution in [0.3, 0.4) is 0 Å². The lowest BCUT2D eigenvalue weighted by Gasteiger charge is -2.08. The van der Waals surface area contributed by atoms with Crippen molar-refractivity contribution in [2.24, 2.45) is 11.8 Å². The van der Waals surface area contributed by atoms with Gasteiger partial charge in [0, 0.05) is 18.9 Å². The summed E-state index contributed by atoms with van der Waals surface area (Å²) in [6, 6.07) is 0. The van der Waals surface area contributed by atoms with E-state index in [4.69, 9.17) is 5.84 Å². The molecule has 2 heterocycles. The minimum absolute atomic E-state index is 0.629. The van der Waals surface area contributed by atoms with Crippen LogP contribution in [-0.4, -0.2) is 20.9 Å². The van der Waals surface area contributed by atoms with Crippen molar-refractivity contribution in [1.82, 2.24) is 14.4 Å². The molecule has 2 aromatic heterocycles. The number of nitrogen functional groups attached to an aromatic ring is 1. The molecule has 0 amide bonds. The molecular formula is C10H14N6. The molecule has 0 unspecified atom stereocenters. The van der Waals surface area contributed by atoms with Crippen LogP contribution in [0.2, 0.25) is 0 Å². The molecule has 84 valence electrons. The number of hydrazine groups is 1. The predicted molar refractivity (Wildman–Crippen MR) is 62.0 cm³/mol. The Bertz CT molecular complexity index is 501. The smallest absolute Gasteiger partial charge is 0.180 e. The van der Waals surface area contributed by atoms with E-state index in [1.165, 1.54) is 12.8 Å². The number of aromatic nitrogens is 3. The summed E-state index contributed by atoms with van der Waals surface area (Å²) >= 11 is 0. The molecule has 0 bridgehead atoms. The summed E-state index contributed by atoms with van der Waals surface area (Å²) in [7, 11) is 0. The van der Waals surface area contributed by atoms with Crippen LogP contribution >= 0.6 is 0 Å². The Kier molecular flexibility index (Phi) is 2.14. The summed E-state index contributed by atoms with van der Waals surface area (Å²) in [5, 5.41) is 3.32. The minimum Gasteiger partial charge on any atom is -0.367 e. The number of anilines is 2. The molecule has 1 saturated carbocycles. The molecule has 6 heteroatoms. The standard InChI is InChI=1S/C10H14N6/c11-15-8-6-16-4-3-12-10(16)9(14-8)13-5-7-1-2-7/h3-4,6-7,15H,1-2,5,11H2,(H,13,14). The van der Waals surface area contributed by atoms with Gasteiger partial charge in [0.25, 0.3) is 0 Å². The maximum Gasteiger partial charge on any atom is 0.180 e. The molecule has 1 aliphatic carbocycles. The van der Waals surface area contributed by atoms with Gasteiger partial charge in [-0.25, -0.2) is 15.8 Å². The van der Waals surface area contributed by atoms with Gasteiger partial charge >= 0.3 is 0 Å². The van der Waals surface area contributed by atoms with Crippen molar-refractivity contribution < 1.29 is 0 Å². The quantitative estimate of drug-likeness (QED) is 0.523. The zero-order valence-electron chi connectivity index (χ0n) is 8.85. The lowest BCUT2D eigenvalue weighted by Crippen LogP contribution is -2.13.